The van der Waals surface area contributed by atoms with E-state index in [9.17, 15) is 18.7 Å². The van der Waals surface area contributed by atoms with Gasteiger partial charge in [0.2, 0.25) is 0 Å². The van der Waals surface area contributed by atoms with Gasteiger partial charge in [0.15, 0.2) is 0 Å². The fraction of sp³-hybridized carbons (Fsp3) is 0.353. The van der Waals surface area contributed by atoms with Crippen molar-refractivity contribution in [3.05, 3.63) is 96.1 Å². The van der Waals surface area contributed by atoms with Crippen LogP contribution in [-0.4, -0.2) is 36.5 Å². The van der Waals surface area contributed by atoms with Crippen molar-refractivity contribution in [3.8, 4) is 0 Å². The minimum Gasteiger partial charge on any atom is -0.303 e. The lowest BCUT2D eigenvalue weighted by atomic mass is 10.1. The molecule has 0 radical (unpaired) electrons. The maximum atomic E-state index is 13.0. The molecule has 4 rings (SSSR count). The fourth-order valence-electron chi connectivity index (χ4n) is 4.37. The van der Waals surface area contributed by atoms with Crippen LogP contribution in [0.3, 0.4) is 0 Å². The molecule has 4 aromatic rings. The zero-order valence-corrected chi connectivity index (χ0v) is 28.0. The summed E-state index contributed by atoms with van der Waals surface area (Å²) in [5.74, 6) is 0. The summed E-state index contributed by atoms with van der Waals surface area (Å²) in [6.07, 6.45) is 0.594. The van der Waals surface area contributed by atoms with Crippen LogP contribution in [0.25, 0.3) is 21.5 Å². The smallest absolute Gasteiger partial charge is 0.303 e. The van der Waals surface area contributed by atoms with Crippen LogP contribution in [0, 0.1) is 0 Å². The van der Waals surface area contributed by atoms with Gasteiger partial charge in [-0.3, -0.25) is 18.7 Å². The molecule has 236 valence electrons. The highest BCUT2D eigenvalue weighted by Gasteiger charge is 2.39. The molecule has 0 spiro atoms. The standard InChI is InChI=1S/2C17H21O4P/c1-12(2)20-22(19,21-13(3)4)17(18)16-11-7-9-14-8-5-6-10-15(14)16;1-3-12-20-22(19,21-13-4-2)17(18)16-11-7-9-14-8-5-6-10-15(14)16/h5-13H,1-4H3;5-11H,3-4,12-13H2,1-2H3. The number of fused-ring (bicyclic) bond motifs is 2. The molecule has 0 amide bonds. The first-order valence-electron chi connectivity index (χ1n) is 14.9. The lowest BCUT2D eigenvalue weighted by molar-refractivity contribution is 0.0925. The summed E-state index contributed by atoms with van der Waals surface area (Å²) in [5, 5.41) is 3.34. The van der Waals surface area contributed by atoms with Crippen LogP contribution < -0.4 is 0 Å². The lowest BCUT2D eigenvalue weighted by Crippen LogP contribution is -2.14. The van der Waals surface area contributed by atoms with Gasteiger partial charge in [0.05, 0.1) is 25.4 Å². The minimum atomic E-state index is -3.89. The molecule has 0 saturated carbocycles. The number of hydrogen-bond acceptors (Lipinski definition) is 8. The molecule has 44 heavy (non-hydrogen) atoms. The van der Waals surface area contributed by atoms with E-state index in [4.69, 9.17) is 18.1 Å². The molecular formula is C34H42O8P2. The van der Waals surface area contributed by atoms with E-state index in [1.165, 1.54) is 0 Å². The predicted molar refractivity (Wildman–Crippen MR) is 177 cm³/mol. The van der Waals surface area contributed by atoms with Crippen molar-refractivity contribution in [3.63, 3.8) is 0 Å². The first-order valence-corrected chi connectivity index (χ1v) is 18.0. The number of hydrogen-bond donors (Lipinski definition) is 0. The highest BCUT2D eigenvalue weighted by Crippen LogP contribution is 2.54. The Bertz CT molecular complexity index is 1630. The average molecular weight is 641 g/mol. The Morgan fingerprint density at radius 2 is 0.932 bits per heavy atom. The first kappa shape index (κ1) is 35.5. The molecule has 4 aromatic carbocycles. The van der Waals surface area contributed by atoms with E-state index >= 15 is 0 Å². The van der Waals surface area contributed by atoms with Crippen molar-refractivity contribution in [2.75, 3.05) is 13.2 Å². The maximum Gasteiger partial charge on any atom is 0.402 e. The molecule has 0 heterocycles. The van der Waals surface area contributed by atoms with Crippen molar-refractivity contribution in [2.24, 2.45) is 0 Å². The Hall–Kier alpha value is -2.96. The predicted octanol–water partition coefficient (Wildman–Crippen LogP) is 10.0. The summed E-state index contributed by atoms with van der Waals surface area (Å²) in [4.78, 5) is 25.6. The maximum absolute atomic E-state index is 13.0. The van der Waals surface area contributed by atoms with Crippen molar-refractivity contribution in [1.82, 2.24) is 0 Å². The van der Waals surface area contributed by atoms with Gasteiger partial charge in [-0.1, -0.05) is 98.8 Å². The molecule has 0 aliphatic carbocycles. The number of carbonyl (C=O) groups excluding carboxylic acids is 2. The van der Waals surface area contributed by atoms with Crippen LogP contribution in [0.1, 0.15) is 75.1 Å². The summed E-state index contributed by atoms with van der Waals surface area (Å²) < 4.78 is 47.3. The third kappa shape index (κ3) is 9.04. The van der Waals surface area contributed by atoms with Gasteiger partial charge in [-0.2, -0.15) is 0 Å². The topological polar surface area (TPSA) is 105 Å². The van der Waals surface area contributed by atoms with E-state index in [1.54, 1.807) is 52.0 Å². The fourth-order valence-corrected chi connectivity index (χ4v) is 7.86. The molecule has 0 aliphatic heterocycles. The Labute approximate surface area is 260 Å². The molecule has 0 unspecified atom stereocenters. The van der Waals surface area contributed by atoms with Gasteiger partial charge in [-0.15, -0.1) is 0 Å². The Kier molecular flexibility index (Phi) is 13.2. The number of rotatable bonds is 14. The summed E-state index contributed by atoms with van der Waals surface area (Å²) in [5.41, 5.74) is -0.408. The van der Waals surface area contributed by atoms with Gasteiger partial charge in [-0.05, 0) is 62.1 Å². The van der Waals surface area contributed by atoms with Gasteiger partial charge in [0.1, 0.15) is 0 Å². The molecule has 0 bridgehead atoms. The SMILES string of the molecule is CC(C)OP(=O)(OC(C)C)C(=O)c1cccc2ccccc12.CCCOP(=O)(OCCC)C(=O)c1cccc2ccccc12. The van der Waals surface area contributed by atoms with E-state index in [2.05, 4.69) is 0 Å². The Morgan fingerprint density at radius 1 is 0.568 bits per heavy atom. The van der Waals surface area contributed by atoms with Crippen molar-refractivity contribution >= 4 is 47.8 Å². The molecule has 0 saturated heterocycles. The van der Waals surface area contributed by atoms with Crippen molar-refractivity contribution in [2.45, 2.75) is 66.6 Å². The molecule has 0 aliphatic rings. The molecule has 0 atom stereocenters. The lowest BCUT2D eigenvalue weighted by Gasteiger charge is -2.22. The molecule has 0 fully saturated rings. The zero-order valence-electron chi connectivity index (χ0n) is 26.2. The molecule has 0 aromatic heterocycles. The minimum absolute atomic E-state index is 0.234. The van der Waals surface area contributed by atoms with Crippen molar-refractivity contribution in [1.29, 1.82) is 0 Å². The van der Waals surface area contributed by atoms with E-state index < -0.39 is 26.2 Å². The van der Waals surface area contributed by atoms with E-state index in [-0.39, 0.29) is 25.4 Å². The van der Waals surface area contributed by atoms with Crippen LogP contribution >= 0.6 is 15.2 Å². The van der Waals surface area contributed by atoms with Gasteiger partial charge in [-0.25, -0.2) is 0 Å². The van der Waals surface area contributed by atoms with Crippen LogP contribution in [0.15, 0.2) is 84.9 Å². The van der Waals surface area contributed by atoms with Gasteiger partial charge in [0.25, 0.3) is 11.0 Å². The van der Waals surface area contributed by atoms with Crippen molar-refractivity contribution < 1.29 is 36.8 Å². The van der Waals surface area contributed by atoms with Gasteiger partial charge >= 0.3 is 15.2 Å². The van der Waals surface area contributed by atoms with Crippen LogP contribution in [0.4, 0.5) is 0 Å². The van der Waals surface area contributed by atoms with Crippen LogP contribution in [0.5, 0.6) is 0 Å². The third-order valence-corrected chi connectivity index (χ3v) is 10.1. The normalized spacial score (nSPS) is 12.0. The number of carbonyl (C=O) groups is 2. The summed E-state index contributed by atoms with van der Waals surface area (Å²) in [6, 6.07) is 25.7. The van der Waals surface area contributed by atoms with E-state index in [1.807, 2.05) is 74.5 Å². The molecular weight excluding hydrogens is 598 g/mol. The third-order valence-electron chi connectivity index (χ3n) is 6.17. The summed E-state index contributed by atoms with van der Waals surface area (Å²) in [7, 11) is -7.70. The second kappa shape index (κ2) is 16.4. The summed E-state index contributed by atoms with van der Waals surface area (Å²) in [6.45, 7) is 11.2. The van der Waals surface area contributed by atoms with Gasteiger partial charge in [0, 0.05) is 11.1 Å². The Morgan fingerprint density at radius 3 is 1.32 bits per heavy atom. The quantitative estimate of drug-likeness (QED) is 0.125. The average Bonchev–Trinajstić information content (AvgIpc) is 3.01. The first-order chi connectivity index (χ1) is 21.0. The van der Waals surface area contributed by atoms with E-state index in [0.29, 0.717) is 24.0 Å². The van der Waals surface area contributed by atoms with Crippen LogP contribution in [-0.2, 0) is 27.2 Å². The Balaban J connectivity index is 0.000000240. The van der Waals surface area contributed by atoms with Crippen LogP contribution in [0.2, 0.25) is 0 Å². The molecule has 10 heteroatoms. The molecule has 0 N–H and O–H groups in total. The molecule has 8 nitrogen and oxygen atoms in total. The largest absolute Gasteiger partial charge is 0.402 e. The zero-order chi connectivity index (χ0) is 32.3. The highest BCUT2D eigenvalue weighted by molar-refractivity contribution is 7.73. The second-order valence-corrected chi connectivity index (χ2v) is 14.4. The summed E-state index contributed by atoms with van der Waals surface area (Å²) >= 11 is 0. The second-order valence-electron chi connectivity index (χ2n) is 10.6. The van der Waals surface area contributed by atoms with E-state index in [0.717, 1.165) is 21.5 Å². The number of benzene rings is 4. The van der Waals surface area contributed by atoms with Gasteiger partial charge < -0.3 is 18.1 Å². The highest BCUT2D eigenvalue weighted by atomic mass is 31.2. The monoisotopic (exact) mass is 640 g/mol.